The summed E-state index contributed by atoms with van der Waals surface area (Å²) in [5, 5.41) is 8.42. The smallest absolute Gasteiger partial charge is 0.215 e. The third-order valence-electron chi connectivity index (χ3n) is 2.17. The molecule has 1 rings (SSSR count). The summed E-state index contributed by atoms with van der Waals surface area (Å²) in [5.41, 5.74) is 0.920. The van der Waals surface area contributed by atoms with Gasteiger partial charge in [-0.25, -0.2) is 8.42 Å². The van der Waals surface area contributed by atoms with Gasteiger partial charge in [-0.2, -0.15) is 9.57 Å². The topological polar surface area (TPSA) is 74.1 Å². The first-order valence-corrected chi connectivity index (χ1v) is 6.37. The summed E-state index contributed by atoms with van der Waals surface area (Å²) in [5.74, 6) is 0.00912. The Kier molecular flexibility index (Phi) is 4.40. The summed E-state index contributed by atoms with van der Waals surface area (Å²) in [4.78, 5) is 3.85. The summed E-state index contributed by atoms with van der Waals surface area (Å²) >= 11 is 0. The van der Waals surface area contributed by atoms with Gasteiger partial charge in [0.1, 0.15) is 6.54 Å². The first kappa shape index (κ1) is 12.6. The van der Waals surface area contributed by atoms with Crippen LogP contribution >= 0.6 is 0 Å². The van der Waals surface area contributed by atoms with Gasteiger partial charge in [-0.15, -0.1) is 0 Å². The highest BCUT2D eigenvalue weighted by molar-refractivity contribution is 7.89. The average molecular weight is 239 g/mol. The molecule has 1 heterocycles. The number of aryl methyl sites for hydroxylation is 1. The highest BCUT2D eigenvalue weighted by atomic mass is 32.2. The monoisotopic (exact) mass is 239 g/mol. The largest absolute Gasteiger partial charge is 0.265 e. The summed E-state index contributed by atoms with van der Waals surface area (Å²) in [7, 11) is -1.92. The van der Waals surface area contributed by atoms with E-state index in [2.05, 4.69) is 4.98 Å². The Morgan fingerprint density at radius 2 is 2.06 bits per heavy atom. The molecule has 0 spiro atoms. The molecule has 0 aliphatic carbocycles. The lowest BCUT2D eigenvalue weighted by molar-refractivity contribution is 0.501. The van der Waals surface area contributed by atoms with Gasteiger partial charge in [-0.3, -0.25) is 4.98 Å². The molecule has 0 unspecified atom stereocenters. The number of sulfonamides is 1. The molecule has 0 fully saturated rings. The zero-order chi connectivity index (χ0) is 12.0. The molecule has 1 aromatic heterocycles. The second-order valence-electron chi connectivity index (χ2n) is 3.34. The molecule has 0 bridgehead atoms. The van der Waals surface area contributed by atoms with E-state index in [1.807, 2.05) is 6.07 Å². The molecule has 0 atom stereocenters. The molecular formula is C10H13N3O2S. The van der Waals surface area contributed by atoms with Crippen LogP contribution in [0, 0.1) is 11.3 Å². The Labute approximate surface area is 95.4 Å². The van der Waals surface area contributed by atoms with Gasteiger partial charge in [0.15, 0.2) is 0 Å². The maximum Gasteiger partial charge on any atom is 0.215 e. The average Bonchev–Trinajstić information content (AvgIpc) is 2.28. The fourth-order valence-electron chi connectivity index (χ4n) is 1.15. The number of nitriles is 1. The predicted octanol–water partition coefficient (Wildman–Crippen LogP) is 0.409. The minimum absolute atomic E-state index is 0.00912. The van der Waals surface area contributed by atoms with E-state index in [4.69, 9.17) is 5.26 Å². The summed E-state index contributed by atoms with van der Waals surface area (Å²) < 4.78 is 24.4. The Hall–Kier alpha value is -1.45. The van der Waals surface area contributed by atoms with Crippen molar-refractivity contribution in [2.24, 2.45) is 0 Å². The lowest BCUT2D eigenvalue weighted by Gasteiger charge is -2.13. The molecule has 0 aliphatic rings. The van der Waals surface area contributed by atoms with Gasteiger partial charge in [-0.05, 0) is 24.1 Å². The number of rotatable bonds is 5. The van der Waals surface area contributed by atoms with Crippen LogP contribution < -0.4 is 0 Å². The maximum atomic E-state index is 11.7. The van der Waals surface area contributed by atoms with Gasteiger partial charge in [0, 0.05) is 19.4 Å². The second-order valence-corrected chi connectivity index (χ2v) is 5.53. The molecule has 0 saturated heterocycles. The lowest BCUT2D eigenvalue weighted by Crippen LogP contribution is -2.30. The third-order valence-corrected chi connectivity index (χ3v) is 3.97. The quantitative estimate of drug-likeness (QED) is 0.697. The van der Waals surface area contributed by atoms with Crippen LogP contribution in [0.5, 0.6) is 0 Å². The lowest BCUT2D eigenvalue weighted by atomic mass is 10.2. The predicted molar refractivity (Wildman–Crippen MR) is 60.0 cm³/mol. The van der Waals surface area contributed by atoms with E-state index in [1.54, 1.807) is 24.5 Å². The van der Waals surface area contributed by atoms with Crippen molar-refractivity contribution >= 4 is 10.0 Å². The minimum Gasteiger partial charge on any atom is -0.265 e. The molecule has 86 valence electrons. The molecule has 0 saturated carbocycles. The van der Waals surface area contributed by atoms with Crippen LogP contribution in [0.4, 0.5) is 0 Å². The number of nitrogens with zero attached hydrogens (tertiary/aromatic N) is 3. The molecule has 0 amide bonds. The van der Waals surface area contributed by atoms with Crippen molar-refractivity contribution in [1.29, 1.82) is 5.26 Å². The second kappa shape index (κ2) is 5.58. The van der Waals surface area contributed by atoms with Gasteiger partial charge in [0.05, 0.1) is 11.8 Å². The number of hydrogen-bond donors (Lipinski definition) is 0. The van der Waals surface area contributed by atoms with E-state index >= 15 is 0 Å². The fraction of sp³-hybridized carbons (Fsp3) is 0.400. The Bertz CT molecular complexity index is 465. The van der Waals surface area contributed by atoms with Gasteiger partial charge in [0.2, 0.25) is 10.0 Å². The Balaban J connectivity index is 2.59. The molecule has 0 N–H and O–H groups in total. The summed E-state index contributed by atoms with van der Waals surface area (Å²) in [6, 6.07) is 5.36. The first-order chi connectivity index (χ1) is 7.56. The third kappa shape index (κ3) is 3.61. The van der Waals surface area contributed by atoms with Crippen molar-refractivity contribution in [2.75, 3.05) is 19.3 Å². The van der Waals surface area contributed by atoms with E-state index in [0.717, 1.165) is 9.87 Å². The van der Waals surface area contributed by atoms with Crippen molar-refractivity contribution in [1.82, 2.24) is 9.29 Å². The molecule has 5 nitrogen and oxygen atoms in total. The van der Waals surface area contributed by atoms with Crippen LogP contribution in [0.1, 0.15) is 5.56 Å². The van der Waals surface area contributed by atoms with Crippen molar-refractivity contribution in [3.05, 3.63) is 30.1 Å². The molecule has 0 radical (unpaired) electrons. The van der Waals surface area contributed by atoms with E-state index in [1.165, 1.54) is 7.05 Å². The summed E-state index contributed by atoms with van der Waals surface area (Å²) in [6.45, 7) is -0.112. The van der Waals surface area contributed by atoms with E-state index < -0.39 is 10.0 Å². The fourth-order valence-corrected chi connectivity index (χ4v) is 2.21. The summed E-state index contributed by atoms with van der Waals surface area (Å²) in [6.07, 6.45) is 3.68. The molecule has 0 aromatic carbocycles. The van der Waals surface area contributed by atoms with Gasteiger partial charge in [-0.1, -0.05) is 0 Å². The Morgan fingerprint density at radius 1 is 1.44 bits per heavy atom. The molecule has 16 heavy (non-hydrogen) atoms. The van der Waals surface area contributed by atoms with E-state index in [9.17, 15) is 8.42 Å². The first-order valence-electron chi connectivity index (χ1n) is 4.76. The molecule has 0 aliphatic heterocycles. The maximum absolute atomic E-state index is 11.7. The van der Waals surface area contributed by atoms with E-state index in [0.29, 0.717) is 6.42 Å². The Morgan fingerprint density at radius 3 is 2.62 bits per heavy atom. The number of pyridine rings is 1. The molecular weight excluding hydrogens is 226 g/mol. The van der Waals surface area contributed by atoms with Gasteiger partial charge in [0.25, 0.3) is 0 Å². The molecule has 6 heteroatoms. The minimum atomic E-state index is -3.33. The van der Waals surface area contributed by atoms with Crippen LogP contribution in [0.25, 0.3) is 0 Å². The normalized spacial score (nSPS) is 11.3. The zero-order valence-electron chi connectivity index (χ0n) is 9.00. The van der Waals surface area contributed by atoms with E-state index in [-0.39, 0.29) is 12.3 Å². The van der Waals surface area contributed by atoms with Crippen LogP contribution in [-0.4, -0.2) is 37.1 Å². The molecule has 1 aromatic rings. The van der Waals surface area contributed by atoms with Crippen molar-refractivity contribution in [2.45, 2.75) is 6.42 Å². The van der Waals surface area contributed by atoms with Crippen molar-refractivity contribution < 1.29 is 8.42 Å². The zero-order valence-corrected chi connectivity index (χ0v) is 9.81. The van der Waals surface area contributed by atoms with Gasteiger partial charge >= 0.3 is 0 Å². The number of aromatic nitrogens is 1. The standard InChI is InChI=1S/C10H13N3O2S/c1-13(8-5-11)16(14,15)9-4-10-2-6-12-7-3-10/h2-3,6-7H,4,8-9H2,1H3. The van der Waals surface area contributed by atoms with Crippen molar-refractivity contribution in [3.8, 4) is 6.07 Å². The highest BCUT2D eigenvalue weighted by Crippen LogP contribution is 2.03. The van der Waals surface area contributed by atoms with Crippen molar-refractivity contribution in [3.63, 3.8) is 0 Å². The van der Waals surface area contributed by atoms with Gasteiger partial charge < -0.3 is 0 Å². The highest BCUT2D eigenvalue weighted by Gasteiger charge is 2.16. The SMILES string of the molecule is CN(CC#N)S(=O)(=O)CCc1ccncc1. The van der Waals surface area contributed by atoms with Crippen LogP contribution in [0.15, 0.2) is 24.5 Å². The van der Waals surface area contributed by atoms with Crippen LogP contribution in [0.2, 0.25) is 0 Å². The van der Waals surface area contributed by atoms with Crippen LogP contribution in [0.3, 0.4) is 0 Å². The van der Waals surface area contributed by atoms with Crippen LogP contribution in [-0.2, 0) is 16.4 Å². The number of hydrogen-bond acceptors (Lipinski definition) is 4.